The Morgan fingerprint density at radius 1 is 1.04 bits per heavy atom. The van der Waals surface area contributed by atoms with Gasteiger partial charge in [-0.25, -0.2) is 0 Å². The van der Waals surface area contributed by atoms with E-state index in [1.165, 1.54) is 31.5 Å². The fourth-order valence-electron chi connectivity index (χ4n) is 3.87. The number of benzene rings is 2. The molecule has 27 heavy (non-hydrogen) atoms. The monoisotopic (exact) mass is 367 g/mol. The summed E-state index contributed by atoms with van der Waals surface area (Å²) in [5.41, 5.74) is 2.87. The van der Waals surface area contributed by atoms with E-state index in [2.05, 4.69) is 29.2 Å². The van der Waals surface area contributed by atoms with Crippen LogP contribution in [-0.4, -0.2) is 38.0 Å². The number of likely N-dealkylation sites (tertiary alicyclic amines) is 1. The second-order valence-electron chi connectivity index (χ2n) is 7.16. The number of carbonyl (C=O) groups is 1. The first kappa shape index (κ1) is 17.9. The van der Waals surface area contributed by atoms with Gasteiger partial charge >= 0.3 is 0 Å². The number of fused-ring (bicyclic) bond motifs is 1. The second-order valence-corrected chi connectivity index (χ2v) is 7.16. The first-order valence-electron chi connectivity index (χ1n) is 9.45. The maximum Gasteiger partial charge on any atom is 0.170 e. The topological polar surface area (TPSA) is 48.0 Å². The SMILES string of the molecule is COc1cc2c(cc1OC)C(=O)CC(c1ccc(CN3CCCC3)cc1)O2. The van der Waals surface area contributed by atoms with Crippen molar-refractivity contribution in [3.63, 3.8) is 0 Å². The van der Waals surface area contributed by atoms with Gasteiger partial charge in [0.05, 0.1) is 26.2 Å². The fourth-order valence-corrected chi connectivity index (χ4v) is 3.87. The molecule has 1 atom stereocenters. The first-order valence-corrected chi connectivity index (χ1v) is 9.45. The lowest BCUT2D eigenvalue weighted by Crippen LogP contribution is -2.21. The van der Waals surface area contributed by atoms with Crippen molar-refractivity contribution in [3.8, 4) is 17.2 Å². The molecule has 0 radical (unpaired) electrons. The summed E-state index contributed by atoms with van der Waals surface area (Å²) in [5.74, 6) is 1.71. The van der Waals surface area contributed by atoms with Crippen molar-refractivity contribution in [3.05, 3.63) is 53.1 Å². The van der Waals surface area contributed by atoms with E-state index >= 15 is 0 Å². The minimum absolute atomic E-state index is 0.0587. The van der Waals surface area contributed by atoms with Gasteiger partial charge in [0.25, 0.3) is 0 Å². The summed E-state index contributed by atoms with van der Waals surface area (Å²) in [4.78, 5) is 15.1. The van der Waals surface area contributed by atoms with E-state index in [0.29, 0.717) is 29.2 Å². The largest absolute Gasteiger partial charge is 0.493 e. The Morgan fingerprint density at radius 3 is 2.37 bits per heavy atom. The number of hydrogen-bond donors (Lipinski definition) is 0. The van der Waals surface area contributed by atoms with Crippen LogP contribution in [0.15, 0.2) is 36.4 Å². The number of hydrogen-bond acceptors (Lipinski definition) is 5. The summed E-state index contributed by atoms with van der Waals surface area (Å²) < 4.78 is 16.8. The summed E-state index contributed by atoms with van der Waals surface area (Å²) in [6.45, 7) is 3.36. The number of ether oxygens (including phenoxy) is 3. The molecular formula is C22H25NO4. The first-order chi connectivity index (χ1) is 13.2. The number of Topliss-reactive ketones (excluding diaryl/α,β-unsaturated/α-hetero) is 1. The van der Waals surface area contributed by atoms with Crippen LogP contribution in [0.3, 0.4) is 0 Å². The minimum atomic E-state index is -0.274. The summed E-state index contributed by atoms with van der Waals surface area (Å²) in [6.07, 6.45) is 2.64. The van der Waals surface area contributed by atoms with E-state index in [-0.39, 0.29) is 11.9 Å². The highest BCUT2D eigenvalue weighted by atomic mass is 16.5. The molecule has 0 amide bonds. The van der Waals surface area contributed by atoms with E-state index in [4.69, 9.17) is 14.2 Å². The molecule has 5 nitrogen and oxygen atoms in total. The summed E-state index contributed by atoms with van der Waals surface area (Å²) in [7, 11) is 3.14. The highest BCUT2D eigenvalue weighted by Crippen LogP contribution is 2.41. The van der Waals surface area contributed by atoms with Crippen molar-refractivity contribution in [1.82, 2.24) is 4.90 Å². The predicted molar refractivity (Wildman–Crippen MR) is 103 cm³/mol. The molecule has 2 aromatic carbocycles. The van der Waals surface area contributed by atoms with E-state index in [0.717, 1.165) is 12.1 Å². The smallest absolute Gasteiger partial charge is 0.170 e. The molecule has 4 rings (SSSR count). The average Bonchev–Trinajstić information content (AvgIpc) is 3.20. The van der Waals surface area contributed by atoms with Crippen molar-refractivity contribution < 1.29 is 19.0 Å². The van der Waals surface area contributed by atoms with Crippen LogP contribution in [0, 0.1) is 0 Å². The van der Waals surface area contributed by atoms with Gasteiger partial charge in [-0.3, -0.25) is 9.69 Å². The van der Waals surface area contributed by atoms with Crippen LogP contribution in [0.2, 0.25) is 0 Å². The summed E-state index contributed by atoms with van der Waals surface area (Å²) in [6, 6.07) is 11.9. The van der Waals surface area contributed by atoms with E-state index < -0.39 is 0 Å². The van der Waals surface area contributed by atoms with Crippen LogP contribution in [0.25, 0.3) is 0 Å². The molecule has 5 heteroatoms. The molecule has 0 spiro atoms. The van der Waals surface area contributed by atoms with Crippen LogP contribution in [0.1, 0.15) is 46.9 Å². The molecule has 0 saturated carbocycles. The quantitative estimate of drug-likeness (QED) is 0.799. The summed E-state index contributed by atoms with van der Waals surface area (Å²) >= 11 is 0. The van der Waals surface area contributed by atoms with Crippen molar-refractivity contribution in [2.75, 3.05) is 27.3 Å². The fraction of sp³-hybridized carbons (Fsp3) is 0.409. The molecule has 1 fully saturated rings. The van der Waals surface area contributed by atoms with Crippen LogP contribution in [-0.2, 0) is 6.54 Å². The number of methoxy groups -OCH3 is 2. The molecule has 0 aromatic heterocycles. The molecule has 0 bridgehead atoms. The summed E-state index contributed by atoms with van der Waals surface area (Å²) in [5, 5.41) is 0. The molecule has 1 unspecified atom stereocenters. The molecule has 0 aliphatic carbocycles. The zero-order valence-electron chi connectivity index (χ0n) is 15.9. The third-order valence-electron chi connectivity index (χ3n) is 5.38. The second kappa shape index (κ2) is 7.61. The molecule has 2 aromatic rings. The molecule has 0 N–H and O–H groups in total. The zero-order chi connectivity index (χ0) is 18.8. The van der Waals surface area contributed by atoms with Crippen molar-refractivity contribution in [1.29, 1.82) is 0 Å². The van der Waals surface area contributed by atoms with Gasteiger partial charge in [0.1, 0.15) is 11.9 Å². The molecule has 142 valence electrons. The highest BCUT2D eigenvalue weighted by Gasteiger charge is 2.29. The Bertz CT molecular complexity index is 825. The number of nitrogens with zero attached hydrogens (tertiary/aromatic N) is 1. The Kier molecular flexibility index (Phi) is 5.03. The van der Waals surface area contributed by atoms with E-state index in [1.807, 2.05) is 0 Å². The van der Waals surface area contributed by atoms with Gasteiger partial charge in [0.15, 0.2) is 17.3 Å². The van der Waals surface area contributed by atoms with Gasteiger partial charge in [-0.2, -0.15) is 0 Å². The maximum atomic E-state index is 12.7. The average molecular weight is 367 g/mol. The van der Waals surface area contributed by atoms with Gasteiger partial charge in [-0.15, -0.1) is 0 Å². The lowest BCUT2D eigenvalue weighted by molar-refractivity contribution is 0.0848. The zero-order valence-corrected chi connectivity index (χ0v) is 15.9. The third-order valence-corrected chi connectivity index (χ3v) is 5.38. The Labute approximate surface area is 159 Å². The molecule has 2 aliphatic heterocycles. The Hall–Kier alpha value is -2.53. The lowest BCUT2D eigenvalue weighted by Gasteiger charge is -2.26. The maximum absolute atomic E-state index is 12.7. The molecule has 2 heterocycles. The van der Waals surface area contributed by atoms with Gasteiger partial charge in [0, 0.05) is 12.6 Å². The number of ketones is 1. The van der Waals surface area contributed by atoms with Gasteiger partial charge in [0.2, 0.25) is 0 Å². The Morgan fingerprint density at radius 2 is 1.70 bits per heavy atom. The number of rotatable bonds is 5. The van der Waals surface area contributed by atoms with E-state index in [9.17, 15) is 4.79 Å². The normalized spacial score (nSPS) is 19.5. The minimum Gasteiger partial charge on any atom is -0.493 e. The van der Waals surface area contributed by atoms with Crippen LogP contribution in [0.4, 0.5) is 0 Å². The molecule has 1 saturated heterocycles. The number of carbonyl (C=O) groups excluding carboxylic acids is 1. The third kappa shape index (κ3) is 3.65. The molecular weight excluding hydrogens is 342 g/mol. The standard InChI is InChI=1S/C22H25NO4/c1-25-21-11-17-18(24)12-19(27-20(17)13-22(21)26-2)16-7-5-15(6-8-16)14-23-9-3-4-10-23/h5-8,11,13,19H,3-4,9-10,12,14H2,1-2H3. The van der Waals surface area contributed by atoms with Crippen LogP contribution in [0.5, 0.6) is 17.2 Å². The van der Waals surface area contributed by atoms with Crippen LogP contribution >= 0.6 is 0 Å². The van der Waals surface area contributed by atoms with Crippen molar-refractivity contribution in [2.24, 2.45) is 0 Å². The molecule has 2 aliphatic rings. The van der Waals surface area contributed by atoms with Crippen molar-refractivity contribution in [2.45, 2.75) is 31.9 Å². The van der Waals surface area contributed by atoms with Crippen LogP contribution < -0.4 is 14.2 Å². The highest BCUT2D eigenvalue weighted by molar-refractivity contribution is 6.00. The van der Waals surface area contributed by atoms with E-state index in [1.54, 1.807) is 26.4 Å². The van der Waals surface area contributed by atoms with Gasteiger partial charge < -0.3 is 14.2 Å². The van der Waals surface area contributed by atoms with Gasteiger partial charge in [-0.05, 0) is 43.1 Å². The predicted octanol–water partition coefficient (Wildman–Crippen LogP) is 4.01. The van der Waals surface area contributed by atoms with Gasteiger partial charge in [-0.1, -0.05) is 24.3 Å². The Balaban J connectivity index is 1.53. The lowest BCUT2D eigenvalue weighted by atomic mass is 9.95. The van der Waals surface area contributed by atoms with Crippen molar-refractivity contribution >= 4 is 5.78 Å².